The normalized spacial score (nSPS) is 18.3. The van der Waals surface area contributed by atoms with Crippen LogP contribution >= 0.6 is 206 Å². The number of ether oxygens (including phenoxy) is 3. The van der Waals surface area contributed by atoms with E-state index in [0.29, 0.717) is 62.5 Å². The van der Waals surface area contributed by atoms with Gasteiger partial charge in [0.25, 0.3) is 0 Å². The van der Waals surface area contributed by atoms with Crippen molar-refractivity contribution < 1.29 is 101 Å². The number of nitrogens with zero attached hydrogens (tertiary/aromatic N) is 5. The number of hydrogen-bond acceptors (Lipinski definition) is 14. The van der Waals surface area contributed by atoms with Gasteiger partial charge >= 0.3 is 21.1 Å². The van der Waals surface area contributed by atoms with Crippen molar-refractivity contribution in [1.82, 2.24) is 29.8 Å². The average molecular weight is 2730 g/mol. The summed E-state index contributed by atoms with van der Waals surface area (Å²) in [5, 5.41) is 16.5. The maximum Gasteiger partial charge on any atom is 0.497 e. The minimum Gasteiger partial charge on any atom is -0.502 e. The molecule has 0 saturated carbocycles. The fourth-order valence-electron chi connectivity index (χ4n) is 10.3. The van der Waals surface area contributed by atoms with Crippen LogP contribution in [0.4, 0.5) is 33.3 Å². The van der Waals surface area contributed by atoms with Crippen molar-refractivity contribution in [2.24, 2.45) is 0 Å². The number of hydrogen-bond donors (Lipinski definition) is 3. The van der Waals surface area contributed by atoms with E-state index < -0.39 is 32.3 Å². The zero-order chi connectivity index (χ0) is 89.3. The van der Waals surface area contributed by atoms with Crippen LogP contribution < -0.4 is 16.9 Å². The quantitative estimate of drug-likeness (QED) is 0.0324. The molecule has 6 aliphatic heterocycles. The molecule has 14 rings (SSSR count). The molecule has 0 aliphatic carbocycles. The smallest absolute Gasteiger partial charge is 0.497 e. The van der Waals surface area contributed by atoms with Gasteiger partial charge in [0, 0.05) is 78.3 Å². The Morgan fingerprint density at radius 2 is 0.983 bits per heavy atom. The van der Waals surface area contributed by atoms with Crippen LogP contribution in [0.2, 0.25) is 0 Å². The molecule has 5 fully saturated rings. The second kappa shape index (κ2) is 58.0. The number of anilines is 2. The van der Waals surface area contributed by atoms with E-state index in [0.717, 1.165) is 77.7 Å². The number of halogens is 15. The molecular weight excluding hydrogens is 2610 g/mol. The molecule has 37 heteroatoms. The molecule has 6 aliphatic rings. The van der Waals surface area contributed by atoms with Crippen LogP contribution in [0.3, 0.4) is 0 Å². The van der Waals surface area contributed by atoms with Gasteiger partial charge < -0.3 is 83.1 Å². The number of H-pyrrole nitrogens is 1. The van der Waals surface area contributed by atoms with E-state index in [4.69, 9.17) is 53.6 Å². The van der Waals surface area contributed by atoms with Crippen molar-refractivity contribution in [3.05, 3.63) is 163 Å². The first-order valence-corrected chi connectivity index (χ1v) is 50.2. The van der Waals surface area contributed by atoms with Crippen molar-refractivity contribution in [1.29, 1.82) is 0 Å². The molecule has 5 N–H and O–H groups in total. The molecule has 5 aromatic carbocycles. The molecular formula is C83H118B3Br3F5I7N8O9V2-2. The van der Waals surface area contributed by atoms with Gasteiger partial charge in [-0.25, -0.2) is 31.3 Å². The van der Waals surface area contributed by atoms with Crippen molar-refractivity contribution in [2.75, 3.05) is 35.7 Å². The van der Waals surface area contributed by atoms with Gasteiger partial charge in [0.05, 0.1) is 113 Å². The number of aromatic amines is 1. The topological polar surface area (TPSA) is 199 Å². The number of fused-ring (bicyclic) bond motifs is 3. The standard InChI is InChI=1S/C18H24BFN2O3.C12H24B2O4.C12H12BrFN2O.C7H4BrFN2.C7H7BrFN.C7H8FN.C5H8O.C3H5I3.C3H6I2.C3H7I.C3H6I.C3H7.2V/c1-17(2)18(3,4)25-19(24-17)13-8-9-14-12(16(13)20)11-21-22(14)15-7-5-6-10-23-15;1-9(2)10(3,4)16-13(15-9)14-17-11(5,6)12(7,8)18-14;13-9-4-5-10-8(12(9)14)7-15-16(10)11-3-1-2-6-17-11;8-5-1-2-6-4(7(5)9)3-10-11-6;1-4-6(10)3-2-5(8)7(4)9;1-5-6(8)3-2-4-7(5)9;1-2-4-6-5-3-1;1-2-3(4,5)6;1-2-3(4)5;2*1-2-3-4;1-3-2;;/h8-9,11,15H,5-7,10H2,1-4H3;1-8H3;4-5,7,11H,1-3,6H2;1-3H,(H,10,11);2-3H,10H2,1H3;2-4H,9H2,1H3;2,4H,1,3,5H2;2H2,1H3;3H,2H2,1H3;2-3H2,1H3;3H,2H2,1H3;1,3H2,2H3;;/q;;;;;;;;;;2*-1;;. The Labute approximate surface area is 857 Å². The van der Waals surface area contributed by atoms with Gasteiger partial charge in [0.15, 0.2) is 12.5 Å². The van der Waals surface area contributed by atoms with Crippen molar-refractivity contribution in [3.63, 3.8) is 0 Å². The molecule has 5 saturated heterocycles. The number of nitrogens with one attached hydrogen (secondary N) is 1. The largest absolute Gasteiger partial charge is 0.502 e. The molecule has 2 atom stereocenters. The number of nitrogens with two attached hydrogens (primary N) is 2. The SMILES string of the molecule is C1=COCCC1.CC1(C)OB(B2OC(C)(C)C(C)(C)O2)OC1(C)C.CC1(C)OB(c2ccc3c(cnn3C3CCCCO3)c2F)OC1(C)C.CCC(I)(I)I.CCC(I)I.CCCI.CC[CH-]I.Cc1c(N)ccc(Br)c1F.Cc1c(N)cccc1F.Fc1c(Br)ccc2[nH]ncc12.Fc1c(Br)ccc2c1cnn2C1CCCCO1.[CH2-]CC.[V].[V]. The fraction of sp³-hybridized carbons (Fsp3) is 0.554. The molecule has 2 unspecified atom stereocenters. The summed E-state index contributed by atoms with van der Waals surface area (Å²) < 4.78 is 129. The van der Waals surface area contributed by atoms with Crippen LogP contribution in [-0.4, -0.2) is 110 Å². The second-order valence-electron chi connectivity index (χ2n) is 30.5. The number of benzene rings is 5. The Hall–Kier alpha value is 0.894. The van der Waals surface area contributed by atoms with E-state index in [-0.39, 0.29) is 101 Å². The van der Waals surface area contributed by atoms with E-state index >= 15 is 4.39 Å². The van der Waals surface area contributed by atoms with Gasteiger partial charge in [-0.05, 0) is 280 Å². The molecule has 120 heavy (non-hydrogen) atoms. The summed E-state index contributed by atoms with van der Waals surface area (Å²) in [7, 11) is -1.67. The number of rotatable bonds is 8. The Morgan fingerprint density at radius 1 is 0.583 bits per heavy atom. The third kappa shape index (κ3) is 37.9. The summed E-state index contributed by atoms with van der Waals surface area (Å²) in [6, 6.07) is 18.5. The zero-order valence-corrected chi connectivity index (χ0v) is 94.8. The van der Waals surface area contributed by atoms with Gasteiger partial charge in [-0.3, -0.25) is 9.53 Å². The number of aromatic nitrogens is 6. The first-order chi connectivity index (χ1) is 55.2. The molecule has 670 valence electrons. The predicted molar refractivity (Wildman–Crippen MR) is 550 cm³/mol. The Kier molecular flexibility index (Phi) is 57.5. The van der Waals surface area contributed by atoms with Crippen molar-refractivity contribution in [2.45, 2.75) is 262 Å². The first-order valence-electron chi connectivity index (χ1n) is 39.3. The molecule has 8 aromatic rings. The zero-order valence-electron chi connectivity index (χ0n) is 72.1. The van der Waals surface area contributed by atoms with E-state index in [2.05, 4.69) is 265 Å². The maximum atomic E-state index is 15.2. The molecule has 17 nitrogen and oxygen atoms in total. The average Bonchev–Trinajstić information content (AvgIpc) is 1.63. The third-order valence-electron chi connectivity index (χ3n) is 19.6. The Balaban J connectivity index is 0.000000689. The molecule has 2 radical (unpaired) electrons. The van der Waals surface area contributed by atoms with E-state index in [1.165, 1.54) is 55.2 Å². The van der Waals surface area contributed by atoms with Crippen molar-refractivity contribution >= 4 is 277 Å². The Bertz CT molecular complexity index is 4180. The maximum absolute atomic E-state index is 15.2. The van der Waals surface area contributed by atoms with Crippen molar-refractivity contribution in [3.8, 4) is 0 Å². The number of alkyl halides is 6. The van der Waals surface area contributed by atoms with Crippen LogP contribution in [0, 0.1) is 54.3 Å². The van der Waals surface area contributed by atoms with Crippen LogP contribution in [0.5, 0.6) is 0 Å². The summed E-state index contributed by atoms with van der Waals surface area (Å²) in [5.74, 6) is -1.38. The van der Waals surface area contributed by atoms with E-state index in [1.807, 2.05) is 108 Å². The number of nitrogen functional groups attached to an aromatic ring is 2. The second-order valence-corrected chi connectivity index (χ2v) is 52.1. The van der Waals surface area contributed by atoms with Crippen LogP contribution in [0.1, 0.15) is 225 Å². The summed E-state index contributed by atoms with van der Waals surface area (Å²) in [4.78, 5) is 0. The summed E-state index contributed by atoms with van der Waals surface area (Å²) in [6.45, 7) is 43.9. The van der Waals surface area contributed by atoms with Gasteiger partial charge in [-0.1, -0.05) is 182 Å². The molecule has 0 spiro atoms. The third-order valence-corrected chi connectivity index (χ3v) is 27.5. The molecule has 0 bridgehead atoms. The van der Waals surface area contributed by atoms with Crippen LogP contribution in [0.15, 0.2) is 111 Å². The van der Waals surface area contributed by atoms with Crippen LogP contribution in [0.25, 0.3) is 32.7 Å². The summed E-state index contributed by atoms with van der Waals surface area (Å²) in [6.07, 6.45) is 22.8. The minimum absolute atomic E-state index is 0. The van der Waals surface area contributed by atoms with Crippen LogP contribution in [-0.2, 0) is 79.2 Å². The van der Waals surface area contributed by atoms with Gasteiger partial charge in [0.2, 0.25) is 0 Å². The summed E-state index contributed by atoms with van der Waals surface area (Å²) in [5.41, 5.74) is 13.0. The number of allylic oxidation sites excluding steroid dienone is 1. The van der Waals surface area contributed by atoms with Gasteiger partial charge in [0.1, 0.15) is 28.5 Å². The van der Waals surface area contributed by atoms with Gasteiger partial charge in [-0.15, -0.1) is 0 Å². The Morgan fingerprint density at radius 3 is 1.33 bits per heavy atom. The van der Waals surface area contributed by atoms with Gasteiger partial charge in [-0.2, -0.15) is 28.1 Å². The summed E-state index contributed by atoms with van der Waals surface area (Å²) >= 11 is 25.9. The van der Waals surface area contributed by atoms with E-state index in [1.54, 1.807) is 90.4 Å². The first kappa shape index (κ1) is 119. The fourth-order valence-corrected chi connectivity index (χ4v) is 11.5. The molecule has 0 amide bonds. The predicted octanol–water partition coefficient (Wildman–Crippen LogP) is 28.0. The van der Waals surface area contributed by atoms with E-state index in [9.17, 15) is 17.6 Å². The molecule has 3 aromatic heterocycles. The molecule has 9 heterocycles. The minimum atomic E-state index is -0.719. The monoisotopic (exact) mass is 2730 g/mol.